The molecule has 1 aromatic carbocycles. The molecule has 1 fully saturated rings. The molecule has 0 saturated heterocycles. The topological polar surface area (TPSA) is 15.3 Å². The molecule has 0 amide bonds. The first-order chi connectivity index (χ1) is 9.27. The van der Waals surface area contributed by atoms with E-state index in [9.17, 15) is 4.39 Å². The number of nitrogens with one attached hydrogen (secondary N) is 1. The van der Waals surface area contributed by atoms with Crippen LogP contribution in [0, 0.1) is 11.2 Å². The number of hydrogen-bond acceptors (Lipinski definition) is 2. The van der Waals surface area contributed by atoms with E-state index in [0.717, 1.165) is 17.8 Å². The lowest BCUT2D eigenvalue weighted by atomic mass is 9.87. The molecule has 1 atom stereocenters. The largest absolute Gasteiger partial charge is 0.371 e. The molecule has 0 heterocycles. The molecule has 0 aromatic heterocycles. The summed E-state index contributed by atoms with van der Waals surface area (Å²) in [6.45, 7) is 9.58. The predicted molar refractivity (Wildman–Crippen MR) is 83.6 cm³/mol. The maximum Gasteiger partial charge on any atom is 0.125 e. The lowest BCUT2D eigenvalue weighted by Gasteiger charge is -2.37. The molecular weight excluding hydrogens is 251 g/mol. The van der Waals surface area contributed by atoms with Crippen LogP contribution in [0.15, 0.2) is 18.2 Å². The van der Waals surface area contributed by atoms with Gasteiger partial charge in [-0.25, -0.2) is 4.39 Å². The first-order valence-corrected chi connectivity index (χ1v) is 7.53. The summed E-state index contributed by atoms with van der Waals surface area (Å²) in [4.78, 5) is 2.17. The second-order valence-electron chi connectivity index (χ2n) is 7.13. The van der Waals surface area contributed by atoms with Gasteiger partial charge in [0.2, 0.25) is 0 Å². The Labute approximate surface area is 122 Å². The van der Waals surface area contributed by atoms with Crippen LogP contribution < -0.4 is 10.2 Å². The van der Waals surface area contributed by atoms with E-state index in [1.54, 1.807) is 12.1 Å². The van der Waals surface area contributed by atoms with E-state index in [-0.39, 0.29) is 11.2 Å². The van der Waals surface area contributed by atoms with Crippen LogP contribution in [0.3, 0.4) is 0 Å². The second-order valence-corrected chi connectivity index (χ2v) is 7.13. The fourth-order valence-electron chi connectivity index (χ4n) is 2.29. The van der Waals surface area contributed by atoms with Gasteiger partial charge in [-0.05, 0) is 48.9 Å². The summed E-state index contributed by atoms with van der Waals surface area (Å²) >= 11 is 0. The molecule has 3 heteroatoms. The maximum atomic E-state index is 13.8. The summed E-state index contributed by atoms with van der Waals surface area (Å²) < 4.78 is 13.8. The van der Waals surface area contributed by atoms with Crippen molar-refractivity contribution in [3.05, 3.63) is 29.6 Å². The van der Waals surface area contributed by atoms with Crippen LogP contribution in [0.2, 0.25) is 0 Å². The van der Waals surface area contributed by atoms with Gasteiger partial charge in [0.05, 0.1) is 0 Å². The van der Waals surface area contributed by atoms with Gasteiger partial charge in [0.1, 0.15) is 5.82 Å². The van der Waals surface area contributed by atoms with Gasteiger partial charge in [-0.15, -0.1) is 0 Å². The summed E-state index contributed by atoms with van der Waals surface area (Å²) in [5, 5.41) is 3.44. The zero-order valence-electron chi connectivity index (χ0n) is 13.3. The second kappa shape index (κ2) is 5.72. The third kappa shape index (κ3) is 3.95. The van der Waals surface area contributed by atoms with Crippen LogP contribution in [-0.2, 0) is 6.54 Å². The average Bonchev–Trinajstić information content (AvgIpc) is 3.16. The Hall–Kier alpha value is -1.09. The Morgan fingerprint density at radius 2 is 1.95 bits per heavy atom. The van der Waals surface area contributed by atoms with E-state index in [4.69, 9.17) is 0 Å². The maximum absolute atomic E-state index is 13.8. The molecule has 0 aliphatic heterocycles. The summed E-state index contributed by atoms with van der Waals surface area (Å²) in [5.74, 6) is -0.150. The van der Waals surface area contributed by atoms with Crippen LogP contribution in [0.1, 0.15) is 46.1 Å². The molecule has 1 unspecified atom stereocenters. The van der Waals surface area contributed by atoms with Crippen molar-refractivity contribution in [2.45, 2.75) is 59.2 Å². The van der Waals surface area contributed by atoms with Crippen molar-refractivity contribution < 1.29 is 4.39 Å². The predicted octanol–water partition coefficient (Wildman–Crippen LogP) is 3.95. The van der Waals surface area contributed by atoms with Gasteiger partial charge >= 0.3 is 0 Å². The SMILES string of the molecule is CC(N(C)c1cc(F)cc(CNC2CC2)c1)C(C)(C)C. The Bertz CT molecular complexity index is 461. The molecule has 0 bridgehead atoms. The first-order valence-electron chi connectivity index (χ1n) is 7.53. The minimum Gasteiger partial charge on any atom is -0.371 e. The zero-order chi connectivity index (χ0) is 14.9. The van der Waals surface area contributed by atoms with Crippen LogP contribution in [-0.4, -0.2) is 19.1 Å². The Balaban J connectivity index is 2.13. The fourth-order valence-corrected chi connectivity index (χ4v) is 2.29. The van der Waals surface area contributed by atoms with Crippen LogP contribution in [0.25, 0.3) is 0 Å². The summed E-state index contributed by atoms with van der Waals surface area (Å²) in [6.07, 6.45) is 2.51. The van der Waals surface area contributed by atoms with E-state index in [2.05, 4.69) is 44.0 Å². The summed E-state index contributed by atoms with van der Waals surface area (Å²) in [7, 11) is 2.04. The van der Waals surface area contributed by atoms with Crippen molar-refractivity contribution in [2.24, 2.45) is 5.41 Å². The van der Waals surface area contributed by atoms with Crippen molar-refractivity contribution in [1.82, 2.24) is 5.32 Å². The van der Waals surface area contributed by atoms with Crippen molar-refractivity contribution in [3.63, 3.8) is 0 Å². The molecule has 0 spiro atoms. The third-order valence-corrected chi connectivity index (χ3v) is 4.36. The lowest BCUT2D eigenvalue weighted by molar-refractivity contribution is 0.329. The fraction of sp³-hybridized carbons (Fsp3) is 0.647. The molecule has 20 heavy (non-hydrogen) atoms. The number of halogens is 1. The minimum absolute atomic E-state index is 0.150. The average molecular weight is 278 g/mol. The van der Waals surface area contributed by atoms with E-state index in [1.807, 2.05) is 7.05 Å². The van der Waals surface area contributed by atoms with Gasteiger partial charge in [-0.1, -0.05) is 20.8 Å². The minimum atomic E-state index is -0.150. The first kappa shape index (κ1) is 15.3. The van der Waals surface area contributed by atoms with Gasteiger partial charge in [0.25, 0.3) is 0 Å². The number of hydrogen-bond donors (Lipinski definition) is 1. The summed E-state index contributed by atoms with van der Waals surface area (Å²) in [5.41, 5.74) is 2.15. The number of rotatable bonds is 5. The van der Waals surface area contributed by atoms with E-state index >= 15 is 0 Å². The highest BCUT2D eigenvalue weighted by Crippen LogP contribution is 2.28. The molecule has 112 valence electrons. The monoisotopic (exact) mass is 278 g/mol. The van der Waals surface area contributed by atoms with E-state index in [0.29, 0.717) is 12.1 Å². The van der Waals surface area contributed by atoms with E-state index < -0.39 is 0 Å². The molecule has 1 aliphatic carbocycles. The van der Waals surface area contributed by atoms with Gasteiger partial charge in [0.15, 0.2) is 0 Å². The molecule has 1 N–H and O–H groups in total. The highest BCUT2D eigenvalue weighted by atomic mass is 19.1. The lowest BCUT2D eigenvalue weighted by Crippen LogP contribution is -2.39. The van der Waals surface area contributed by atoms with E-state index in [1.165, 1.54) is 12.8 Å². The molecule has 1 aliphatic rings. The van der Waals surface area contributed by atoms with Gasteiger partial charge in [0, 0.05) is 31.4 Å². The number of anilines is 1. The molecule has 2 nitrogen and oxygen atoms in total. The third-order valence-electron chi connectivity index (χ3n) is 4.36. The Morgan fingerprint density at radius 1 is 1.30 bits per heavy atom. The van der Waals surface area contributed by atoms with Crippen molar-refractivity contribution in [3.8, 4) is 0 Å². The molecule has 1 aromatic rings. The molecule has 0 radical (unpaired) electrons. The number of nitrogens with zero attached hydrogens (tertiary/aromatic N) is 1. The smallest absolute Gasteiger partial charge is 0.125 e. The highest BCUT2D eigenvalue weighted by Gasteiger charge is 2.25. The highest BCUT2D eigenvalue weighted by molar-refractivity contribution is 5.49. The normalized spacial score (nSPS) is 17.1. The van der Waals surface area contributed by atoms with Crippen LogP contribution in [0.5, 0.6) is 0 Å². The molecule has 2 rings (SSSR count). The molecule has 1 saturated carbocycles. The van der Waals surface area contributed by atoms with Gasteiger partial charge < -0.3 is 10.2 Å². The van der Waals surface area contributed by atoms with Gasteiger partial charge in [-0.3, -0.25) is 0 Å². The van der Waals surface area contributed by atoms with Crippen molar-refractivity contribution in [1.29, 1.82) is 0 Å². The Morgan fingerprint density at radius 3 is 2.50 bits per heavy atom. The Kier molecular flexibility index (Phi) is 4.38. The van der Waals surface area contributed by atoms with Crippen LogP contribution in [0.4, 0.5) is 10.1 Å². The van der Waals surface area contributed by atoms with Crippen molar-refractivity contribution >= 4 is 5.69 Å². The quantitative estimate of drug-likeness (QED) is 0.877. The van der Waals surface area contributed by atoms with Crippen molar-refractivity contribution in [2.75, 3.05) is 11.9 Å². The summed E-state index contributed by atoms with van der Waals surface area (Å²) in [6, 6.07) is 6.35. The standard InChI is InChI=1S/C17H27FN2/c1-12(17(2,3)4)20(5)16-9-13(8-14(18)10-16)11-19-15-6-7-15/h8-10,12,15,19H,6-7,11H2,1-5H3. The number of benzene rings is 1. The zero-order valence-corrected chi connectivity index (χ0v) is 13.3. The van der Waals surface area contributed by atoms with Gasteiger partial charge in [-0.2, -0.15) is 0 Å². The molecular formula is C17H27FN2. The van der Waals surface area contributed by atoms with Crippen LogP contribution >= 0.6 is 0 Å².